The van der Waals surface area contributed by atoms with Gasteiger partial charge in [-0.2, -0.15) is 13.2 Å². The van der Waals surface area contributed by atoms with E-state index in [1.54, 1.807) is 6.92 Å². The first-order chi connectivity index (χ1) is 6.92. The highest BCUT2D eigenvalue weighted by atomic mass is 19.4. The predicted molar refractivity (Wildman–Crippen MR) is 50.4 cm³/mol. The Morgan fingerprint density at radius 3 is 2.53 bits per heavy atom. The highest BCUT2D eigenvalue weighted by molar-refractivity contribution is 5.41. The Labute approximate surface area is 84.9 Å². The van der Waals surface area contributed by atoms with Gasteiger partial charge in [-0.25, -0.2) is 4.98 Å². The number of aromatic nitrogens is 2. The molecular weight excluding hydrogens is 209 g/mol. The van der Waals surface area contributed by atoms with Crippen LogP contribution in [0.2, 0.25) is 0 Å². The largest absolute Gasteiger partial charge is 0.405 e. The molecule has 0 bridgehead atoms. The fourth-order valence-corrected chi connectivity index (χ4v) is 1.09. The van der Waals surface area contributed by atoms with Gasteiger partial charge >= 0.3 is 6.18 Å². The second kappa shape index (κ2) is 4.33. The Balaban J connectivity index is 2.83. The van der Waals surface area contributed by atoms with Crippen LogP contribution in [0.15, 0.2) is 12.4 Å². The van der Waals surface area contributed by atoms with Gasteiger partial charge in [0.25, 0.3) is 0 Å². The Morgan fingerprint density at radius 1 is 1.40 bits per heavy atom. The maximum Gasteiger partial charge on any atom is 0.405 e. The molecule has 0 aromatic carbocycles. The second-order valence-electron chi connectivity index (χ2n) is 2.93. The number of nitrogen functional groups attached to an aromatic ring is 1. The van der Waals surface area contributed by atoms with Crippen molar-refractivity contribution in [3.05, 3.63) is 12.4 Å². The minimum absolute atomic E-state index is 0.105. The van der Waals surface area contributed by atoms with Gasteiger partial charge in [-0.05, 0) is 6.92 Å². The first-order valence-electron chi connectivity index (χ1n) is 4.31. The maximum atomic E-state index is 12.2. The third-order valence-electron chi connectivity index (χ3n) is 1.72. The smallest absolute Gasteiger partial charge is 0.382 e. The van der Waals surface area contributed by atoms with Crippen LogP contribution in [0.5, 0.6) is 0 Å². The SMILES string of the molecule is CCN(CC(F)(F)F)c1cncc(N)n1. The first-order valence-corrected chi connectivity index (χ1v) is 4.31. The molecule has 84 valence electrons. The minimum atomic E-state index is -4.26. The Bertz CT molecular complexity index is 326. The Morgan fingerprint density at radius 2 is 2.07 bits per heavy atom. The average molecular weight is 220 g/mol. The van der Waals surface area contributed by atoms with Gasteiger partial charge in [-0.1, -0.05) is 0 Å². The van der Waals surface area contributed by atoms with E-state index in [2.05, 4.69) is 9.97 Å². The van der Waals surface area contributed by atoms with E-state index in [1.165, 1.54) is 12.4 Å². The highest BCUT2D eigenvalue weighted by Gasteiger charge is 2.30. The number of hydrogen-bond acceptors (Lipinski definition) is 4. The predicted octanol–water partition coefficient (Wildman–Crippen LogP) is 1.45. The van der Waals surface area contributed by atoms with Crippen molar-refractivity contribution in [2.45, 2.75) is 13.1 Å². The molecule has 15 heavy (non-hydrogen) atoms. The van der Waals surface area contributed by atoms with Crippen LogP contribution in [0.1, 0.15) is 6.92 Å². The molecule has 4 nitrogen and oxygen atoms in total. The molecule has 0 atom stereocenters. The van der Waals surface area contributed by atoms with Gasteiger partial charge in [0.1, 0.15) is 18.2 Å². The summed E-state index contributed by atoms with van der Waals surface area (Å²) in [5.41, 5.74) is 5.33. The molecule has 1 heterocycles. The van der Waals surface area contributed by atoms with Crippen LogP contribution >= 0.6 is 0 Å². The molecule has 0 aliphatic carbocycles. The topological polar surface area (TPSA) is 55.0 Å². The zero-order valence-electron chi connectivity index (χ0n) is 8.12. The number of anilines is 2. The van der Waals surface area contributed by atoms with E-state index in [9.17, 15) is 13.2 Å². The molecule has 0 aliphatic heterocycles. The van der Waals surface area contributed by atoms with Crippen molar-refractivity contribution in [2.75, 3.05) is 23.7 Å². The Kier molecular flexibility index (Phi) is 3.33. The fraction of sp³-hybridized carbons (Fsp3) is 0.500. The highest BCUT2D eigenvalue weighted by Crippen LogP contribution is 2.20. The molecule has 0 saturated carbocycles. The molecule has 2 N–H and O–H groups in total. The number of nitrogens with zero attached hydrogens (tertiary/aromatic N) is 3. The Hall–Kier alpha value is -1.53. The van der Waals surface area contributed by atoms with Crippen LogP contribution in [0, 0.1) is 0 Å². The lowest BCUT2D eigenvalue weighted by atomic mass is 10.4. The molecule has 0 saturated heterocycles. The summed E-state index contributed by atoms with van der Waals surface area (Å²) in [6.45, 7) is 0.746. The van der Waals surface area contributed by atoms with Crippen LogP contribution in [0.4, 0.5) is 24.8 Å². The number of nitrogens with two attached hydrogens (primary N) is 1. The average Bonchev–Trinajstić information content (AvgIpc) is 2.13. The van der Waals surface area contributed by atoms with E-state index in [-0.39, 0.29) is 18.2 Å². The fourth-order valence-electron chi connectivity index (χ4n) is 1.09. The number of halogens is 3. The summed E-state index contributed by atoms with van der Waals surface area (Å²) in [6.07, 6.45) is -1.72. The van der Waals surface area contributed by atoms with Crippen molar-refractivity contribution in [3.63, 3.8) is 0 Å². The summed E-state index contributed by atoms with van der Waals surface area (Å²) in [4.78, 5) is 8.52. The molecule has 0 fully saturated rings. The lowest BCUT2D eigenvalue weighted by Crippen LogP contribution is -2.34. The van der Waals surface area contributed by atoms with E-state index >= 15 is 0 Å². The quantitative estimate of drug-likeness (QED) is 0.837. The molecule has 1 rings (SSSR count). The normalized spacial score (nSPS) is 11.5. The van der Waals surface area contributed by atoms with Crippen molar-refractivity contribution in [2.24, 2.45) is 0 Å². The van der Waals surface area contributed by atoms with E-state index in [1.807, 2.05) is 0 Å². The lowest BCUT2D eigenvalue weighted by Gasteiger charge is -2.22. The van der Waals surface area contributed by atoms with Gasteiger partial charge in [0, 0.05) is 6.54 Å². The monoisotopic (exact) mass is 220 g/mol. The van der Waals surface area contributed by atoms with Gasteiger partial charge in [-0.15, -0.1) is 0 Å². The van der Waals surface area contributed by atoms with Gasteiger partial charge in [0.15, 0.2) is 0 Å². The van der Waals surface area contributed by atoms with Gasteiger partial charge in [0.05, 0.1) is 12.4 Å². The molecule has 0 spiro atoms. The molecular formula is C8H11F3N4. The number of hydrogen-bond donors (Lipinski definition) is 1. The van der Waals surface area contributed by atoms with E-state index in [0.29, 0.717) is 0 Å². The van der Waals surface area contributed by atoms with Gasteiger partial charge < -0.3 is 10.6 Å². The van der Waals surface area contributed by atoms with E-state index in [4.69, 9.17) is 5.73 Å². The van der Waals surface area contributed by atoms with Crippen molar-refractivity contribution >= 4 is 11.6 Å². The summed E-state index contributed by atoms with van der Waals surface area (Å²) in [5.74, 6) is 0.239. The van der Waals surface area contributed by atoms with E-state index < -0.39 is 12.7 Å². The number of rotatable bonds is 3. The summed E-state index contributed by atoms with van der Waals surface area (Å²) in [7, 11) is 0. The zero-order valence-corrected chi connectivity index (χ0v) is 8.12. The third-order valence-corrected chi connectivity index (χ3v) is 1.72. The van der Waals surface area contributed by atoms with Crippen LogP contribution in [0.25, 0.3) is 0 Å². The first kappa shape index (κ1) is 11.5. The molecule has 0 amide bonds. The van der Waals surface area contributed by atoms with Crippen LogP contribution in [-0.2, 0) is 0 Å². The van der Waals surface area contributed by atoms with Crippen molar-refractivity contribution in [1.82, 2.24) is 9.97 Å². The van der Waals surface area contributed by atoms with Crippen LogP contribution in [0.3, 0.4) is 0 Å². The molecule has 0 unspecified atom stereocenters. The molecule has 1 aromatic rings. The van der Waals surface area contributed by atoms with Gasteiger partial charge in [-0.3, -0.25) is 4.98 Å². The zero-order chi connectivity index (χ0) is 11.5. The second-order valence-corrected chi connectivity index (χ2v) is 2.93. The van der Waals surface area contributed by atoms with Crippen molar-refractivity contribution in [1.29, 1.82) is 0 Å². The van der Waals surface area contributed by atoms with Crippen molar-refractivity contribution < 1.29 is 13.2 Å². The van der Waals surface area contributed by atoms with Crippen LogP contribution in [-0.4, -0.2) is 29.2 Å². The van der Waals surface area contributed by atoms with Crippen LogP contribution < -0.4 is 10.6 Å². The molecule has 0 aliphatic rings. The third kappa shape index (κ3) is 3.61. The molecule has 0 radical (unpaired) electrons. The summed E-state index contributed by atoms with van der Waals surface area (Å²) in [6, 6.07) is 0. The van der Waals surface area contributed by atoms with Crippen molar-refractivity contribution in [3.8, 4) is 0 Å². The minimum Gasteiger partial charge on any atom is -0.382 e. The standard InChI is InChI=1S/C8H11F3N4/c1-2-15(5-8(9,10)11)7-4-13-3-6(12)14-7/h3-4H,2,5H2,1H3,(H2,12,14). The lowest BCUT2D eigenvalue weighted by molar-refractivity contribution is -0.119. The van der Waals surface area contributed by atoms with E-state index in [0.717, 1.165) is 4.90 Å². The maximum absolute atomic E-state index is 12.2. The number of alkyl halides is 3. The molecule has 1 aromatic heterocycles. The summed E-state index contributed by atoms with van der Waals surface area (Å²) < 4.78 is 36.5. The summed E-state index contributed by atoms with van der Waals surface area (Å²) in [5, 5.41) is 0. The molecule has 7 heteroatoms. The summed E-state index contributed by atoms with van der Waals surface area (Å²) >= 11 is 0. The van der Waals surface area contributed by atoms with Gasteiger partial charge in [0.2, 0.25) is 0 Å².